The molecule has 1 aromatic carbocycles. The highest BCUT2D eigenvalue weighted by Gasteiger charge is 2.38. The number of nitrogens with zero attached hydrogens (tertiary/aromatic N) is 4. The summed E-state index contributed by atoms with van der Waals surface area (Å²) in [6.45, 7) is 3.56. The van der Waals surface area contributed by atoms with Gasteiger partial charge in [-0.2, -0.15) is 18.2 Å². The van der Waals surface area contributed by atoms with Gasteiger partial charge in [0.25, 0.3) is 5.91 Å². The number of halogens is 3. The second kappa shape index (κ2) is 6.95. The van der Waals surface area contributed by atoms with Crippen molar-refractivity contribution in [2.24, 2.45) is 0 Å². The van der Waals surface area contributed by atoms with Crippen molar-refractivity contribution in [3.63, 3.8) is 0 Å². The van der Waals surface area contributed by atoms with Crippen LogP contribution in [0.3, 0.4) is 0 Å². The maximum atomic E-state index is 12.8. The van der Waals surface area contributed by atoms with Crippen LogP contribution >= 0.6 is 0 Å². The Bertz CT molecular complexity index is 819. The van der Waals surface area contributed by atoms with E-state index in [-0.39, 0.29) is 11.7 Å². The van der Waals surface area contributed by atoms with Crippen LogP contribution in [0.2, 0.25) is 0 Å². The fraction of sp³-hybridized carbons (Fsp3) is 0.500. The molecule has 144 valence electrons. The molecular weight excluding hydrogens is 361 g/mol. The maximum absolute atomic E-state index is 12.8. The number of carbonyl (C=O) groups excluding carboxylic acids is 1. The summed E-state index contributed by atoms with van der Waals surface area (Å²) in [5, 5.41) is 3.36. The second-order valence-corrected chi connectivity index (χ2v) is 6.93. The molecule has 9 heteroatoms. The Kier molecular flexibility index (Phi) is 4.63. The minimum Gasteiger partial charge on any atom is -0.337 e. The normalized spacial score (nSPS) is 21.1. The van der Waals surface area contributed by atoms with Crippen LogP contribution in [0.1, 0.15) is 35.5 Å². The van der Waals surface area contributed by atoms with Crippen molar-refractivity contribution in [2.75, 3.05) is 26.2 Å². The molecule has 3 heterocycles. The van der Waals surface area contributed by atoms with E-state index in [2.05, 4.69) is 19.6 Å². The Morgan fingerprint density at radius 2 is 1.85 bits per heavy atom. The average Bonchev–Trinajstić information content (AvgIpc) is 3.27. The zero-order chi connectivity index (χ0) is 19.0. The number of alkyl halides is 3. The van der Waals surface area contributed by atoms with Gasteiger partial charge in [0.05, 0.1) is 0 Å². The molecule has 1 aromatic heterocycles. The largest absolute Gasteiger partial charge is 0.471 e. The predicted octanol–water partition coefficient (Wildman–Crippen LogP) is 3.07. The van der Waals surface area contributed by atoms with Gasteiger partial charge in [-0.25, -0.2) is 0 Å². The molecule has 0 radical (unpaired) electrons. The van der Waals surface area contributed by atoms with Gasteiger partial charge in [-0.1, -0.05) is 17.3 Å². The van der Waals surface area contributed by atoms with Crippen LogP contribution in [0, 0.1) is 0 Å². The molecule has 2 aromatic rings. The number of rotatable bonds is 2. The highest BCUT2D eigenvalue weighted by Crippen LogP contribution is 2.29. The molecule has 0 spiro atoms. The van der Waals surface area contributed by atoms with E-state index >= 15 is 0 Å². The SMILES string of the molecule is O=C(c1ccc(-c2noc(C(F)(F)F)n2)cc1)N1CCCN2CCC[C@H]2C1. The molecule has 0 N–H and O–H groups in total. The number of benzene rings is 1. The van der Waals surface area contributed by atoms with Gasteiger partial charge in [-0.05, 0) is 37.9 Å². The zero-order valence-corrected chi connectivity index (χ0v) is 14.6. The molecule has 4 rings (SSSR count). The van der Waals surface area contributed by atoms with Gasteiger partial charge < -0.3 is 9.42 Å². The van der Waals surface area contributed by atoms with Crippen molar-refractivity contribution < 1.29 is 22.5 Å². The monoisotopic (exact) mass is 380 g/mol. The summed E-state index contributed by atoms with van der Waals surface area (Å²) in [7, 11) is 0. The number of carbonyl (C=O) groups is 1. The summed E-state index contributed by atoms with van der Waals surface area (Å²) in [5.74, 6) is -1.60. The first-order chi connectivity index (χ1) is 12.9. The topological polar surface area (TPSA) is 62.5 Å². The molecule has 27 heavy (non-hydrogen) atoms. The van der Waals surface area contributed by atoms with Gasteiger partial charge >= 0.3 is 12.1 Å². The van der Waals surface area contributed by atoms with Gasteiger partial charge in [-0.3, -0.25) is 9.69 Å². The van der Waals surface area contributed by atoms with E-state index in [0.717, 1.165) is 32.5 Å². The molecular formula is C18H19F3N4O2. The summed E-state index contributed by atoms with van der Waals surface area (Å²) in [6, 6.07) is 6.70. The van der Waals surface area contributed by atoms with Crippen LogP contribution < -0.4 is 0 Å². The molecule has 1 amide bonds. The molecule has 2 aliphatic heterocycles. The lowest BCUT2D eigenvalue weighted by atomic mass is 10.1. The Morgan fingerprint density at radius 1 is 1.11 bits per heavy atom. The van der Waals surface area contributed by atoms with Gasteiger partial charge in [0.15, 0.2) is 0 Å². The fourth-order valence-electron chi connectivity index (χ4n) is 3.79. The van der Waals surface area contributed by atoms with Crippen LogP contribution in [-0.4, -0.2) is 58.1 Å². The van der Waals surface area contributed by atoms with E-state index in [1.54, 1.807) is 12.1 Å². The standard InChI is InChI=1S/C18H19F3N4O2/c19-18(20,21)17-22-15(23-27-17)12-4-6-13(7-5-12)16(26)25-10-2-9-24-8-1-3-14(24)11-25/h4-7,14H,1-3,8-11H2/t14-/m0/s1. The first-order valence-corrected chi connectivity index (χ1v) is 8.96. The first kappa shape index (κ1) is 18.0. The third-order valence-corrected chi connectivity index (χ3v) is 5.15. The Labute approximate surface area is 153 Å². The summed E-state index contributed by atoms with van der Waals surface area (Å²) in [6.07, 6.45) is -1.44. The molecule has 2 saturated heterocycles. The number of hydrogen-bond acceptors (Lipinski definition) is 5. The van der Waals surface area contributed by atoms with E-state index in [0.29, 0.717) is 23.7 Å². The summed E-state index contributed by atoms with van der Waals surface area (Å²) in [5.41, 5.74) is 0.869. The fourth-order valence-corrected chi connectivity index (χ4v) is 3.79. The number of amides is 1. The molecule has 0 bridgehead atoms. The van der Waals surface area contributed by atoms with Gasteiger partial charge in [0.1, 0.15) is 0 Å². The Hall–Kier alpha value is -2.42. The molecule has 1 atom stereocenters. The smallest absolute Gasteiger partial charge is 0.337 e. The van der Waals surface area contributed by atoms with Crippen molar-refractivity contribution in [2.45, 2.75) is 31.5 Å². The van der Waals surface area contributed by atoms with E-state index in [4.69, 9.17) is 0 Å². The highest BCUT2D eigenvalue weighted by atomic mass is 19.4. The Morgan fingerprint density at radius 3 is 2.56 bits per heavy atom. The van der Waals surface area contributed by atoms with Crippen LogP contribution in [0.5, 0.6) is 0 Å². The number of aromatic nitrogens is 2. The molecule has 6 nitrogen and oxygen atoms in total. The second-order valence-electron chi connectivity index (χ2n) is 6.93. The molecule has 0 saturated carbocycles. The van der Waals surface area contributed by atoms with Crippen LogP contribution in [0.4, 0.5) is 13.2 Å². The van der Waals surface area contributed by atoms with Crippen molar-refractivity contribution in [3.8, 4) is 11.4 Å². The molecule has 2 aliphatic rings. The summed E-state index contributed by atoms with van der Waals surface area (Å²) in [4.78, 5) is 20.5. The van der Waals surface area contributed by atoms with Crippen molar-refractivity contribution in [3.05, 3.63) is 35.7 Å². The molecule has 0 aliphatic carbocycles. The third-order valence-electron chi connectivity index (χ3n) is 5.15. The lowest BCUT2D eigenvalue weighted by Gasteiger charge is -2.25. The van der Waals surface area contributed by atoms with E-state index in [1.165, 1.54) is 18.6 Å². The lowest BCUT2D eigenvalue weighted by molar-refractivity contribution is -0.159. The Balaban J connectivity index is 1.48. The summed E-state index contributed by atoms with van der Waals surface area (Å²) >= 11 is 0. The van der Waals surface area contributed by atoms with E-state index in [9.17, 15) is 18.0 Å². The van der Waals surface area contributed by atoms with Crippen molar-refractivity contribution in [1.82, 2.24) is 19.9 Å². The first-order valence-electron chi connectivity index (χ1n) is 8.96. The quantitative estimate of drug-likeness (QED) is 0.801. The summed E-state index contributed by atoms with van der Waals surface area (Å²) < 4.78 is 42.0. The van der Waals surface area contributed by atoms with Gasteiger partial charge in [0.2, 0.25) is 5.82 Å². The van der Waals surface area contributed by atoms with Crippen LogP contribution in [0.25, 0.3) is 11.4 Å². The van der Waals surface area contributed by atoms with E-state index < -0.39 is 12.1 Å². The lowest BCUT2D eigenvalue weighted by Crippen LogP contribution is -2.39. The maximum Gasteiger partial charge on any atom is 0.471 e. The third kappa shape index (κ3) is 3.69. The van der Waals surface area contributed by atoms with Crippen molar-refractivity contribution >= 4 is 5.91 Å². The van der Waals surface area contributed by atoms with Crippen LogP contribution in [0.15, 0.2) is 28.8 Å². The highest BCUT2D eigenvalue weighted by molar-refractivity contribution is 5.94. The zero-order valence-electron chi connectivity index (χ0n) is 14.6. The van der Waals surface area contributed by atoms with E-state index in [1.807, 2.05) is 4.90 Å². The molecule has 0 unspecified atom stereocenters. The minimum absolute atomic E-state index is 0.0561. The minimum atomic E-state index is -4.68. The predicted molar refractivity (Wildman–Crippen MR) is 89.9 cm³/mol. The average molecular weight is 380 g/mol. The molecule has 2 fully saturated rings. The van der Waals surface area contributed by atoms with Crippen LogP contribution in [-0.2, 0) is 6.18 Å². The van der Waals surface area contributed by atoms with Gasteiger partial charge in [-0.15, -0.1) is 0 Å². The van der Waals surface area contributed by atoms with Gasteiger partial charge in [0, 0.05) is 36.8 Å². The number of fused-ring (bicyclic) bond motifs is 1. The van der Waals surface area contributed by atoms with Crippen molar-refractivity contribution in [1.29, 1.82) is 0 Å². The number of hydrogen-bond donors (Lipinski definition) is 0.